The van der Waals surface area contributed by atoms with Gasteiger partial charge in [-0.15, -0.1) is 0 Å². The molecule has 1 unspecified atom stereocenters. The average Bonchev–Trinajstić information content (AvgIpc) is 3.05. The van der Waals surface area contributed by atoms with Crippen molar-refractivity contribution in [2.45, 2.75) is 6.42 Å². The Morgan fingerprint density at radius 2 is 1.93 bits per heavy atom. The topological polar surface area (TPSA) is 67.9 Å². The van der Waals surface area contributed by atoms with Crippen LogP contribution in [0.3, 0.4) is 0 Å². The standard InChI is InChI=1S/C19H18Cl2N2O4/c1-26-13-4-6-16(17(9-13)27-2)23-10-11(7-18(23)24)19(25)22-15-8-12(20)3-5-14(15)21/h3-6,8-9,11H,7,10H2,1-2H3,(H,22,25). The molecule has 0 aliphatic carbocycles. The maximum atomic E-state index is 12.6. The van der Waals surface area contributed by atoms with E-state index in [0.29, 0.717) is 32.9 Å². The summed E-state index contributed by atoms with van der Waals surface area (Å²) in [4.78, 5) is 26.7. The molecule has 1 aliphatic rings. The monoisotopic (exact) mass is 408 g/mol. The summed E-state index contributed by atoms with van der Waals surface area (Å²) in [7, 11) is 3.07. The molecule has 1 fully saturated rings. The average molecular weight is 409 g/mol. The van der Waals surface area contributed by atoms with Gasteiger partial charge in [-0.05, 0) is 30.3 Å². The molecule has 1 saturated heterocycles. The van der Waals surface area contributed by atoms with Gasteiger partial charge >= 0.3 is 0 Å². The minimum Gasteiger partial charge on any atom is -0.497 e. The van der Waals surface area contributed by atoms with Crippen LogP contribution in [-0.2, 0) is 9.59 Å². The summed E-state index contributed by atoms with van der Waals surface area (Å²) in [6.07, 6.45) is 0.0964. The quantitative estimate of drug-likeness (QED) is 0.811. The first-order valence-electron chi connectivity index (χ1n) is 8.21. The SMILES string of the molecule is COc1ccc(N2CC(C(=O)Nc3cc(Cl)ccc3Cl)CC2=O)c(OC)c1. The number of benzene rings is 2. The van der Waals surface area contributed by atoms with Crippen LogP contribution in [0.25, 0.3) is 0 Å². The number of rotatable bonds is 5. The van der Waals surface area contributed by atoms with Crippen LogP contribution in [0.15, 0.2) is 36.4 Å². The lowest BCUT2D eigenvalue weighted by Gasteiger charge is -2.20. The Labute approximate surface area is 167 Å². The van der Waals surface area contributed by atoms with Gasteiger partial charge in [-0.25, -0.2) is 0 Å². The lowest BCUT2D eigenvalue weighted by molar-refractivity contribution is -0.122. The van der Waals surface area contributed by atoms with Crippen LogP contribution in [-0.4, -0.2) is 32.6 Å². The lowest BCUT2D eigenvalue weighted by Crippen LogP contribution is -2.28. The van der Waals surface area contributed by atoms with E-state index in [9.17, 15) is 9.59 Å². The zero-order chi connectivity index (χ0) is 19.6. The molecule has 0 aromatic heterocycles. The number of nitrogens with one attached hydrogen (secondary N) is 1. The van der Waals surface area contributed by atoms with Crippen molar-refractivity contribution in [3.63, 3.8) is 0 Å². The summed E-state index contributed by atoms with van der Waals surface area (Å²) in [6, 6.07) is 9.99. The molecular formula is C19H18Cl2N2O4. The van der Waals surface area contributed by atoms with Gasteiger partial charge in [-0.3, -0.25) is 9.59 Å². The van der Waals surface area contributed by atoms with Crippen molar-refractivity contribution >= 4 is 46.4 Å². The highest BCUT2D eigenvalue weighted by molar-refractivity contribution is 6.35. The molecule has 2 amide bonds. The first kappa shape index (κ1) is 19.3. The van der Waals surface area contributed by atoms with E-state index in [0.717, 1.165) is 0 Å². The van der Waals surface area contributed by atoms with Gasteiger partial charge in [0.15, 0.2) is 0 Å². The van der Waals surface area contributed by atoms with Crippen LogP contribution < -0.4 is 19.7 Å². The molecule has 1 aliphatic heterocycles. The molecular weight excluding hydrogens is 391 g/mol. The number of anilines is 2. The molecule has 8 heteroatoms. The highest BCUT2D eigenvalue weighted by Crippen LogP contribution is 2.36. The zero-order valence-corrected chi connectivity index (χ0v) is 16.3. The molecule has 27 heavy (non-hydrogen) atoms. The summed E-state index contributed by atoms with van der Waals surface area (Å²) in [5, 5.41) is 3.59. The smallest absolute Gasteiger partial charge is 0.229 e. The maximum absolute atomic E-state index is 12.6. The highest BCUT2D eigenvalue weighted by atomic mass is 35.5. The molecule has 0 spiro atoms. The van der Waals surface area contributed by atoms with Crippen molar-refractivity contribution in [1.29, 1.82) is 0 Å². The second-order valence-electron chi connectivity index (χ2n) is 6.06. The van der Waals surface area contributed by atoms with E-state index in [1.807, 2.05) is 0 Å². The molecule has 6 nitrogen and oxygen atoms in total. The lowest BCUT2D eigenvalue weighted by atomic mass is 10.1. The van der Waals surface area contributed by atoms with Gasteiger partial charge in [-0.1, -0.05) is 23.2 Å². The van der Waals surface area contributed by atoms with Crippen LogP contribution in [0, 0.1) is 5.92 Å². The number of ether oxygens (including phenoxy) is 2. The minimum absolute atomic E-state index is 0.0964. The summed E-state index contributed by atoms with van der Waals surface area (Å²) < 4.78 is 10.5. The fraction of sp³-hybridized carbons (Fsp3) is 0.263. The van der Waals surface area contributed by atoms with Gasteiger partial charge in [0.2, 0.25) is 11.8 Å². The molecule has 1 atom stereocenters. The Morgan fingerprint density at radius 1 is 1.15 bits per heavy atom. The Balaban J connectivity index is 1.77. The molecule has 1 heterocycles. The van der Waals surface area contributed by atoms with Crippen molar-refractivity contribution in [3.05, 3.63) is 46.4 Å². The predicted octanol–water partition coefficient (Wildman–Crippen LogP) is 4.00. The number of amides is 2. The third-order valence-corrected chi connectivity index (χ3v) is 4.92. The van der Waals surface area contributed by atoms with Crippen molar-refractivity contribution in [2.24, 2.45) is 5.92 Å². The van der Waals surface area contributed by atoms with Crippen LogP contribution >= 0.6 is 23.2 Å². The normalized spacial score (nSPS) is 16.4. The number of carbonyl (C=O) groups excluding carboxylic acids is 2. The fourth-order valence-corrected chi connectivity index (χ4v) is 3.29. The van der Waals surface area contributed by atoms with Gasteiger partial charge < -0.3 is 19.7 Å². The van der Waals surface area contributed by atoms with E-state index >= 15 is 0 Å². The summed E-state index contributed by atoms with van der Waals surface area (Å²) in [6.45, 7) is 0.242. The van der Waals surface area contributed by atoms with Gasteiger partial charge in [0.05, 0.1) is 36.5 Å². The number of methoxy groups -OCH3 is 2. The number of hydrogen-bond donors (Lipinski definition) is 1. The molecule has 0 bridgehead atoms. The van der Waals surface area contributed by atoms with Crippen molar-refractivity contribution in [3.8, 4) is 11.5 Å². The van der Waals surface area contributed by atoms with E-state index in [4.69, 9.17) is 32.7 Å². The summed E-state index contributed by atoms with van der Waals surface area (Å²) in [5.74, 6) is 0.159. The Morgan fingerprint density at radius 3 is 2.63 bits per heavy atom. The fourth-order valence-electron chi connectivity index (χ4n) is 2.95. The largest absolute Gasteiger partial charge is 0.497 e. The van der Waals surface area contributed by atoms with Gasteiger partial charge in [0.25, 0.3) is 0 Å². The van der Waals surface area contributed by atoms with Crippen LogP contribution in [0.5, 0.6) is 11.5 Å². The summed E-state index contributed by atoms with van der Waals surface area (Å²) in [5.41, 5.74) is 1.02. The zero-order valence-electron chi connectivity index (χ0n) is 14.8. The Bertz CT molecular complexity index is 888. The molecule has 1 N–H and O–H groups in total. The van der Waals surface area contributed by atoms with Gasteiger partial charge in [0, 0.05) is 24.1 Å². The Kier molecular flexibility index (Phi) is 5.77. The number of carbonyl (C=O) groups is 2. The van der Waals surface area contributed by atoms with Crippen molar-refractivity contribution < 1.29 is 19.1 Å². The number of halogens is 2. The second-order valence-corrected chi connectivity index (χ2v) is 6.90. The molecule has 3 rings (SSSR count). The maximum Gasteiger partial charge on any atom is 0.229 e. The van der Waals surface area contributed by atoms with E-state index in [2.05, 4.69) is 5.32 Å². The highest BCUT2D eigenvalue weighted by Gasteiger charge is 2.36. The van der Waals surface area contributed by atoms with Crippen LogP contribution in [0.2, 0.25) is 10.0 Å². The first-order valence-corrected chi connectivity index (χ1v) is 8.97. The molecule has 2 aromatic carbocycles. The predicted molar refractivity (Wildman–Crippen MR) is 105 cm³/mol. The Hall–Kier alpha value is -2.44. The molecule has 2 aromatic rings. The molecule has 142 valence electrons. The van der Waals surface area contributed by atoms with E-state index in [1.54, 1.807) is 48.4 Å². The molecule has 0 radical (unpaired) electrons. The third kappa shape index (κ3) is 4.12. The van der Waals surface area contributed by atoms with E-state index in [1.165, 1.54) is 7.11 Å². The number of nitrogens with zero attached hydrogens (tertiary/aromatic N) is 1. The van der Waals surface area contributed by atoms with E-state index < -0.39 is 5.92 Å². The van der Waals surface area contributed by atoms with E-state index in [-0.39, 0.29) is 24.8 Å². The number of hydrogen-bond acceptors (Lipinski definition) is 4. The third-order valence-electron chi connectivity index (χ3n) is 4.36. The van der Waals surface area contributed by atoms with Crippen LogP contribution in [0.1, 0.15) is 6.42 Å². The first-order chi connectivity index (χ1) is 12.9. The van der Waals surface area contributed by atoms with Gasteiger partial charge in [0.1, 0.15) is 11.5 Å². The van der Waals surface area contributed by atoms with Crippen molar-refractivity contribution in [2.75, 3.05) is 31.0 Å². The van der Waals surface area contributed by atoms with Gasteiger partial charge in [-0.2, -0.15) is 0 Å². The van der Waals surface area contributed by atoms with Crippen LogP contribution in [0.4, 0.5) is 11.4 Å². The summed E-state index contributed by atoms with van der Waals surface area (Å²) >= 11 is 12.0. The molecule has 0 saturated carbocycles. The van der Waals surface area contributed by atoms with Crippen molar-refractivity contribution in [1.82, 2.24) is 0 Å². The second kappa shape index (κ2) is 8.06. The minimum atomic E-state index is -0.514.